The van der Waals surface area contributed by atoms with E-state index in [0.717, 1.165) is 0 Å². The van der Waals surface area contributed by atoms with Gasteiger partial charge in [-0.3, -0.25) is 0 Å². The lowest BCUT2D eigenvalue weighted by atomic mass is 10.3. The minimum Gasteiger partial charge on any atom is -0.375 e. The Morgan fingerprint density at radius 3 is 2.77 bits per heavy atom. The minimum atomic E-state index is -2.84. The van der Waals surface area contributed by atoms with E-state index < -0.39 is 9.84 Å². The van der Waals surface area contributed by atoms with Crippen molar-refractivity contribution in [2.75, 3.05) is 24.7 Å². The monoisotopic (exact) mass is 207 g/mol. The molecule has 0 bridgehead atoms. The zero-order chi connectivity index (χ0) is 9.90. The number of rotatable bonds is 3. The quantitative estimate of drug-likeness (QED) is 0.696. The van der Waals surface area contributed by atoms with Crippen molar-refractivity contribution in [1.29, 1.82) is 0 Å². The van der Waals surface area contributed by atoms with Crippen LogP contribution in [0.3, 0.4) is 0 Å². The molecule has 1 unspecified atom stereocenters. The fraction of sp³-hybridized carbons (Fsp3) is 1.00. The largest absolute Gasteiger partial charge is 0.375 e. The van der Waals surface area contributed by atoms with E-state index >= 15 is 0 Å². The van der Waals surface area contributed by atoms with Crippen molar-refractivity contribution < 1.29 is 13.2 Å². The zero-order valence-electron chi connectivity index (χ0n) is 8.12. The van der Waals surface area contributed by atoms with Gasteiger partial charge < -0.3 is 10.1 Å². The molecule has 1 N–H and O–H groups in total. The van der Waals surface area contributed by atoms with E-state index in [4.69, 9.17) is 4.74 Å². The van der Waals surface area contributed by atoms with Gasteiger partial charge in [0.05, 0.1) is 24.2 Å². The van der Waals surface area contributed by atoms with Crippen LogP contribution in [0.5, 0.6) is 0 Å². The Bertz CT molecular complexity index is 248. The molecule has 1 aliphatic rings. The Morgan fingerprint density at radius 1 is 1.54 bits per heavy atom. The van der Waals surface area contributed by atoms with Crippen LogP contribution in [0.4, 0.5) is 0 Å². The zero-order valence-corrected chi connectivity index (χ0v) is 8.93. The summed E-state index contributed by atoms with van der Waals surface area (Å²) in [5.74, 6) is 0.331. The van der Waals surface area contributed by atoms with Crippen LogP contribution in [0.25, 0.3) is 0 Å². The van der Waals surface area contributed by atoms with Gasteiger partial charge in [0.2, 0.25) is 0 Å². The first-order valence-corrected chi connectivity index (χ1v) is 6.37. The molecule has 13 heavy (non-hydrogen) atoms. The third-order valence-electron chi connectivity index (χ3n) is 1.94. The van der Waals surface area contributed by atoms with Gasteiger partial charge in [-0.05, 0) is 0 Å². The number of ether oxygens (including phenoxy) is 1. The molecule has 5 heteroatoms. The smallest absolute Gasteiger partial charge is 0.155 e. The molecule has 1 aliphatic heterocycles. The lowest BCUT2D eigenvalue weighted by Gasteiger charge is -2.23. The summed E-state index contributed by atoms with van der Waals surface area (Å²) in [5.41, 5.74) is 0. The summed E-state index contributed by atoms with van der Waals surface area (Å²) in [4.78, 5) is 0. The average Bonchev–Trinajstić information content (AvgIpc) is 1.99. The fourth-order valence-corrected chi connectivity index (χ4v) is 2.54. The van der Waals surface area contributed by atoms with E-state index in [1.54, 1.807) is 0 Å². The summed E-state index contributed by atoms with van der Waals surface area (Å²) in [5, 5.41) is 3.16. The van der Waals surface area contributed by atoms with E-state index in [2.05, 4.69) is 5.32 Å². The molecule has 0 aliphatic carbocycles. The van der Waals surface area contributed by atoms with Crippen LogP contribution in [0, 0.1) is 0 Å². The van der Waals surface area contributed by atoms with Crippen molar-refractivity contribution in [3.63, 3.8) is 0 Å². The first-order valence-electron chi connectivity index (χ1n) is 4.55. The van der Waals surface area contributed by atoms with Gasteiger partial charge in [0.15, 0.2) is 9.84 Å². The van der Waals surface area contributed by atoms with E-state index in [-0.39, 0.29) is 17.6 Å². The molecule has 1 rings (SSSR count). The maximum absolute atomic E-state index is 11.2. The first-order chi connectivity index (χ1) is 5.99. The van der Waals surface area contributed by atoms with E-state index in [1.807, 2.05) is 13.8 Å². The molecule has 0 spiro atoms. The molecule has 4 nitrogen and oxygen atoms in total. The molecule has 0 amide bonds. The highest BCUT2D eigenvalue weighted by Gasteiger charge is 2.24. The predicted octanol–water partition coefficient (Wildman–Crippen LogP) is -0.202. The number of hydrogen-bond donors (Lipinski definition) is 1. The molecule has 0 saturated carbocycles. The summed E-state index contributed by atoms with van der Waals surface area (Å²) in [6.45, 7) is 5.01. The first kappa shape index (κ1) is 10.9. The predicted molar refractivity (Wildman–Crippen MR) is 51.5 cm³/mol. The van der Waals surface area contributed by atoms with Crippen molar-refractivity contribution in [3.05, 3.63) is 0 Å². The van der Waals surface area contributed by atoms with E-state index in [0.29, 0.717) is 19.2 Å². The topological polar surface area (TPSA) is 55.4 Å². The van der Waals surface area contributed by atoms with Gasteiger partial charge in [0.1, 0.15) is 0 Å². The van der Waals surface area contributed by atoms with Crippen LogP contribution in [0.1, 0.15) is 13.8 Å². The van der Waals surface area contributed by atoms with Crippen LogP contribution in [-0.2, 0) is 14.6 Å². The summed E-state index contributed by atoms with van der Waals surface area (Å²) >= 11 is 0. The van der Waals surface area contributed by atoms with E-state index in [1.165, 1.54) is 0 Å². The van der Waals surface area contributed by atoms with Gasteiger partial charge in [0, 0.05) is 12.6 Å². The van der Waals surface area contributed by atoms with Gasteiger partial charge in [0.25, 0.3) is 0 Å². The Kier molecular flexibility index (Phi) is 3.70. The highest BCUT2D eigenvalue weighted by atomic mass is 32.2. The Morgan fingerprint density at radius 2 is 2.23 bits per heavy atom. The molecule has 1 saturated heterocycles. The number of nitrogens with one attached hydrogen (secondary N) is 1. The third-order valence-corrected chi connectivity index (χ3v) is 3.61. The number of sulfone groups is 1. The van der Waals surface area contributed by atoms with Crippen LogP contribution in [0.2, 0.25) is 0 Å². The summed E-state index contributed by atoms with van der Waals surface area (Å²) < 4.78 is 27.7. The standard InChI is InChI=1S/C8H17NO3S/c1-7(2)9-5-8-6-13(10,11)4-3-12-8/h7-9H,3-6H2,1-2H3. The average molecular weight is 207 g/mol. The third kappa shape index (κ3) is 4.06. The van der Waals surface area contributed by atoms with Crippen molar-refractivity contribution in [3.8, 4) is 0 Å². The van der Waals surface area contributed by atoms with Crippen LogP contribution < -0.4 is 5.32 Å². The Balaban J connectivity index is 2.35. The number of hydrogen-bond acceptors (Lipinski definition) is 4. The normalized spacial score (nSPS) is 27.8. The minimum absolute atomic E-state index is 0.159. The molecule has 1 heterocycles. The van der Waals surface area contributed by atoms with E-state index in [9.17, 15) is 8.42 Å². The van der Waals surface area contributed by atoms with Crippen LogP contribution >= 0.6 is 0 Å². The highest BCUT2D eigenvalue weighted by Crippen LogP contribution is 2.06. The molecule has 1 fully saturated rings. The highest BCUT2D eigenvalue weighted by molar-refractivity contribution is 7.91. The lowest BCUT2D eigenvalue weighted by molar-refractivity contribution is 0.0703. The molecule has 1 atom stereocenters. The maximum atomic E-state index is 11.2. The van der Waals surface area contributed by atoms with Crippen molar-refractivity contribution >= 4 is 9.84 Å². The van der Waals surface area contributed by atoms with Gasteiger partial charge in [-0.2, -0.15) is 0 Å². The van der Waals surface area contributed by atoms with Crippen molar-refractivity contribution in [2.45, 2.75) is 26.0 Å². The summed E-state index contributed by atoms with van der Waals surface area (Å²) in [6, 6.07) is 0.369. The van der Waals surface area contributed by atoms with Crippen molar-refractivity contribution in [1.82, 2.24) is 5.32 Å². The van der Waals surface area contributed by atoms with Gasteiger partial charge in [-0.25, -0.2) is 8.42 Å². The molecular formula is C8H17NO3S. The maximum Gasteiger partial charge on any atom is 0.155 e. The summed E-state index contributed by atoms with van der Waals surface area (Å²) in [6.07, 6.45) is -0.166. The van der Waals surface area contributed by atoms with Gasteiger partial charge >= 0.3 is 0 Å². The SMILES string of the molecule is CC(C)NCC1CS(=O)(=O)CCO1. The molecule has 78 valence electrons. The van der Waals surface area contributed by atoms with Gasteiger partial charge in [-0.1, -0.05) is 13.8 Å². The molecule has 0 aromatic heterocycles. The second-order valence-electron chi connectivity index (χ2n) is 3.67. The molecular weight excluding hydrogens is 190 g/mol. The summed E-state index contributed by atoms with van der Waals surface area (Å²) in [7, 11) is -2.84. The second-order valence-corrected chi connectivity index (χ2v) is 5.90. The molecule has 0 aromatic rings. The van der Waals surface area contributed by atoms with Crippen LogP contribution in [-0.4, -0.2) is 45.2 Å². The van der Waals surface area contributed by atoms with Crippen LogP contribution in [0.15, 0.2) is 0 Å². The second kappa shape index (κ2) is 4.39. The fourth-order valence-electron chi connectivity index (χ4n) is 1.24. The lowest BCUT2D eigenvalue weighted by Crippen LogP contribution is -2.42. The van der Waals surface area contributed by atoms with Crippen molar-refractivity contribution in [2.24, 2.45) is 0 Å². The Hall–Kier alpha value is -0.130. The Labute approximate surface area is 79.6 Å². The van der Waals surface area contributed by atoms with Gasteiger partial charge in [-0.15, -0.1) is 0 Å². The molecule has 0 aromatic carbocycles. The molecule has 0 radical (unpaired) electrons.